The Kier molecular flexibility index (Phi) is 3.26. The molecule has 0 aromatic carbocycles. The molecule has 2 N–H and O–H groups in total. The zero-order valence-corrected chi connectivity index (χ0v) is 9.34. The van der Waals surface area contributed by atoms with Crippen molar-refractivity contribution in [2.24, 2.45) is 5.92 Å². The van der Waals surface area contributed by atoms with Gasteiger partial charge in [0.1, 0.15) is 0 Å². The third-order valence-electron chi connectivity index (χ3n) is 3.64. The van der Waals surface area contributed by atoms with Crippen molar-refractivity contribution in [3.63, 3.8) is 0 Å². The molecule has 4 nitrogen and oxygen atoms in total. The Labute approximate surface area is 90.8 Å². The van der Waals surface area contributed by atoms with Crippen LogP contribution >= 0.6 is 0 Å². The molecular weight excluding hydrogens is 192 g/mol. The molecule has 2 aliphatic heterocycles. The van der Waals surface area contributed by atoms with E-state index >= 15 is 0 Å². The summed E-state index contributed by atoms with van der Waals surface area (Å²) in [6, 6.07) is 0. The van der Waals surface area contributed by atoms with Crippen LogP contribution in [-0.4, -0.2) is 37.7 Å². The van der Waals surface area contributed by atoms with Crippen molar-refractivity contribution in [1.82, 2.24) is 10.6 Å². The normalized spacial score (nSPS) is 29.3. The molecule has 2 heterocycles. The van der Waals surface area contributed by atoms with E-state index in [4.69, 9.17) is 4.74 Å². The topological polar surface area (TPSA) is 50.4 Å². The van der Waals surface area contributed by atoms with Gasteiger partial charge in [0, 0.05) is 5.54 Å². The van der Waals surface area contributed by atoms with Gasteiger partial charge in [-0.3, -0.25) is 4.79 Å². The first-order valence-electron chi connectivity index (χ1n) is 5.91. The molecule has 0 bridgehead atoms. The van der Waals surface area contributed by atoms with Gasteiger partial charge in [-0.1, -0.05) is 0 Å². The highest BCUT2D eigenvalue weighted by Gasteiger charge is 2.47. The maximum atomic E-state index is 11.8. The van der Waals surface area contributed by atoms with E-state index in [1.165, 1.54) is 0 Å². The Bertz CT molecular complexity index is 237. The Hall–Kier alpha value is -0.610. The lowest BCUT2D eigenvalue weighted by molar-refractivity contribution is -0.150. The van der Waals surface area contributed by atoms with Crippen LogP contribution in [0.5, 0.6) is 0 Å². The molecule has 4 heteroatoms. The second-order valence-electron chi connectivity index (χ2n) is 4.43. The quantitative estimate of drug-likeness (QED) is 0.646. The molecule has 2 aliphatic rings. The number of piperidine rings is 1. The summed E-state index contributed by atoms with van der Waals surface area (Å²) in [4.78, 5) is 11.8. The summed E-state index contributed by atoms with van der Waals surface area (Å²) in [6.07, 6.45) is 3.01. The highest BCUT2D eigenvalue weighted by Crippen LogP contribution is 2.35. The van der Waals surface area contributed by atoms with Crippen LogP contribution in [0.25, 0.3) is 0 Å². The second-order valence-corrected chi connectivity index (χ2v) is 4.43. The Morgan fingerprint density at radius 1 is 1.40 bits per heavy atom. The van der Waals surface area contributed by atoms with E-state index in [0.717, 1.165) is 38.9 Å². The highest BCUT2D eigenvalue weighted by atomic mass is 16.5. The number of ether oxygens (including phenoxy) is 1. The molecule has 15 heavy (non-hydrogen) atoms. The zero-order chi connectivity index (χ0) is 10.7. The molecule has 0 saturated carbocycles. The molecule has 0 radical (unpaired) electrons. The van der Waals surface area contributed by atoms with E-state index in [9.17, 15) is 4.79 Å². The lowest BCUT2D eigenvalue weighted by Crippen LogP contribution is -2.54. The molecule has 0 aliphatic carbocycles. The van der Waals surface area contributed by atoms with Crippen LogP contribution in [0.3, 0.4) is 0 Å². The van der Waals surface area contributed by atoms with Crippen LogP contribution in [0.4, 0.5) is 0 Å². The lowest BCUT2D eigenvalue weighted by Gasteiger charge is -2.38. The predicted molar refractivity (Wildman–Crippen MR) is 57.6 cm³/mol. The van der Waals surface area contributed by atoms with Gasteiger partial charge in [-0.2, -0.15) is 0 Å². The molecule has 86 valence electrons. The molecule has 1 unspecified atom stereocenters. The van der Waals surface area contributed by atoms with Crippen molar-refractivity contribution in [3.8, 4) is 0 Å². The summed E-state index contributed by atoms with van der Waals surface area (Å²) in [6.45, 7) is 5.31. The monoisotopic (exact) mass is 212 g/mol. The molecule has 2 fully saturated rings. The average Bonchev–Trinajstić information content (AvgIpc) is 2.63. The van der Waals surface area contributed by atoms with Crippen LogP contribution in [0.15, 0.2) is 0 Å². The first-order chi connectivity index (χ1) is 7.28. The Balaban J connectivity index is 2.06. The van der Waals surface area contributed by atoms with Crippen molar-refractivity contribution in [1.29, 1.82) is 0 Å². The van der Waals surface area contributed by atoms with Crippen LogP contribution in [0, 0.1) is 5.92 Å². The Morgan fingerprint density at radius 3 is 2.80 bits per heavy atom. The fourth-order valence-corrected chi connectivity index (χ4v) is 2.85. The largest absolute Gasteiger partial charge is 0.466 e. The van der Waals surface area contributed by atoms with Crippen molar-refractivity contribution in [2.45, 2.75) is 31.7 Å². The van der Waals surface area contributed by atoms with Crippen LogP contribution < -0.4 is 10.6 Å². The SMILES string of the molecule is CCOC(=O)C1CCNC12CCNCC2. The number of carbonyl (C=O) groups excluding carboxylic acids is 1. The molecule has 0 aromatic rings. The van der Waals surface area contributed by atoms with Crippen molar-refractivity contribution < 1.29 is 9.53 Å². The molecule has 0 amide bonds. The van der Waals surface area contributed by atoms with Crippen LogP contribution in [-0.2, 0) is 9.53 Å². The summed E-state index contributed by atoms with van der Waals surface area (Å²) >= 11 is 0. The number of esters is 1. The van der Waals surface area contributed by atoms with E-state index in [0.29, 0.717) is 6.61 Å². The van der Waals surface area contributed by atoms with Gasteiger partial charge >= 0.3 is 5.97 Å². The second kappa shape index (κ2) is 4.49. The maximum Gasteiger partial charge on any atom is 0.310 e. The van der Waals surface area contributed by atoms with Gasteiger partial charge in [0.2, 0.25) is 0 Å². The van der Waals surface area contributed by atoms with Gasteiger partial charge in [0.05, 0.1) is 12.5 Å². The predicted octanol–water partition coefficient (Wildman–Crippen LogP) is 0.281. The minimum absolute atomic E-state index is 0.00981. The van der Waals surface area contributed by atoms with Gasteiger partial charge in [-0.25, -0.2) is 0 Å². The van der Waals surface area contributed by atoms with E-state index in [-0.39, 0.29) is 17.4 Å². The summed E-state index contributed by atoms with van der Waals surface area (Å²) < 4.78 is 5.15. The smallest absolute Gasteiger partial charge is 0.310 e. The number of carbonyl (C=O) groups is 1. The van der Waals surface area contributed by atoms with Crippen LogP contribution in [0.1, 0.15) is 26.2 Å². The van der Waals surface area contributed by atoms with Crippen molar-refractivity contribution in [2.75, 3.05) is 26.2 Å². The van der Waals surface area contributed by atoms with Crippen molar-refractivity contribution >= 4 is 5.97 Å². The summed E-state index contributed by atoms with van der Waals surface area (Å²) in [5.74, 6) is 0.0592. The maximum absolute atomic E-state index is 11.8. The zero-order valence-electron chi connectivity index (χ0n) is 9.34. The van der Waals surface area contributed by atoms with Gasteiger partial charge in [0.25, 0.3) is 0 Å². The van der Waals surface area contributed by atoms with Gasteiger partial charge < -0.3 is 15.4 Å². The van der Waals surface area contributed by atoms with Gasteiger partial charge in [-0.15, -0.1) is 0 Å². The molecule has 1 atom stereocenters. The minimum atomic E-state index is -0.00981. The van der Waals surface area contributed by atoms with E-state index in [1.54, 1.807) is 0 Å². The molecular formula is C11H20N2O2. The molecule has 1 spiro atoms. The Morgan fingerprint density at radius 2 is 2.13 bits per heavy atom. The summed E-state index contributed by atoms with van der Waals surface area (Å²) in [7, 11) is 0. The van der Waals surface area contributed by atoms with E-state index in [1.807, 2.05) is 6.92 Å². The third kappa shape index (κ3) is 2.01. The first-order valence-corrected chi connectivity index (χ1v) is 5.91. The van der Waals surface area contributed by atoms with Crippen LogP contribution in [0.2, 0.25) is 0 Å². The number of nitrogens with one attached hydrogen (secondary N) is 2. The first kappa shape index (κ1) is 10.9. The fourth-order valence-electron chi connectivity index (χ4n) is 2.85. The van der Waals surface area contributed by atoms with E-state index in [2.05, 4.69) is 10.6 Å². The number of hydrogen-bond donors (Lipinski definition) is 2. The highest BCUT2D eigenvalue weighted by molar-refractivity contribution is 5.74. The third-order valence-corrected chi connectivity index (χ3v) is 3.64. The lowest BCUT2D eigenvalue weighted by atomic mass is 9.78. The fraction of sp³-hybridized carbons (Fsp3) is 0.909. The number of hydrogen-bond acceptors (Lipinski definition) is 4. The van der Waals surface area contributed by atoms with E-state index < -0.39 is 0 Å². The summed E-state index contributed by atoms with van der Waals surface area (Å²) in [5.41, 5.74) is 0.0253. The minimum Gasteiger partial charge on any atom is -0.466 e. The molecule has 0 aromatic heterocycles. The molecule has 2 rings (SSSR count). The summed E-state index contributed by atoms with van der Waals surface area (Å²) in [5, 5.41) is 6.86. The number of rotatable bonds is 2. The van der Waals surface area contributed by atoms with Gasteiger partial charge in [-0.05, 0) is 45.8 Å². The average molecular weight is 212 g/mol. The van der Waals surface area contributed by atoms with Gasteiger partial charge in [0.15, 0.2) is 0 Å². The standard InChI is InChI=1S/C11H20N2O2/c1-2-15-10(14)9-3-6-13-11(9)4-7-12-8-5-11/h9,12-13H,2-8H2,1H3. The van der Waals surface area contributed by atoms with Crippen molar-refractivity contribution in [3.05, 3.63) is 0 Å². The molecule has 2 saturated heterocycles.